The third-order valence-corrected chi connectivity index (χ3v) is 7.33. The lowest BCUT2D eigenvalue weighted by Gasteiger charge is -2.22. The number of halogens is 1. The number of amides is 1. The smallest absolute Gasteiger partial charge is 0.292 e. The second-order valence-electron chi connectivity index (χ2n) is 11.0. The van der Waals surface area contributed by atoms with Gasteiger partial charge in [-0.25, -0.2) is 0 Å². The van der Waals surface area contributed by atoms with Crippen LogP contribution in [0.25, 0.3) is 0 Å². The highest BCUT2D eigenvalue weighted by molar-refractivity contribution is 6.81. The number of ether oxygens (including phenoxy) is 4. The number of carbonyl (C=O) groups is 4. The fourth-order valence-electron chi connectivity index (χ4n) is 4.13. The molecule has 0 fully saturated rings. The summed E-state index contributed by atoms with van der Waals surface area (Å²) in [7, 11) is 5.97. The van der Waals surface area contributed by atoms with Crippen LogP contribution in [0.3, 0.4) is 0 Å². The van der Waals surface area contributed by atoms with E-state index in [1.54, 1.807) is 14.2 Å². The molecule has 0 aliphatic rings. The number of rotatable bonds is 22. The van der Waals surface area contributed by atoms with Crippen LogP contribution in [0.15, 0.2) is 48.5 Å². The van der Waals surface area contributed by atoms with Crippen molar-refractivity contribution in [3.63, 3.8) is 0 Å². The number of aliphatic hydroxyl groups is 2. The average Bonchev–Trinajstić information content (AvgIpc) is 3.11. The molecule has 2 rings (SSSR count). The zero-order chi connectivity index (χ0) is 37.0. The first-order valence-electron chi connectivity index (χ1n) is 16.3. The molecular formula is C36H55ClN2O10. The monoisotopic (exact) mass is 710 g/mol. The molecule has 2 unspecified atom stereocenters. The van der Waals surface area contributed by atoms with Crippen LogP contribution < -0.4 is 14.8 Å². The number of hydrogen-bond acceptors (Lipinski definition) is 11. The van der Waals surface area contributed by atoms with Gasteiger partial charge in [0.05, 0.1) is 26.4 Å². The van der Waals surface area contributed by atoms with Crippen LogP contribution in [-0.4, -0.2) is 105 Å². The summed E-state index contributed by atoms with van der Waals surface area (Å²) in [5.74, 6) is -0.215. The summed E-state index contributed by atoms with van der Waals surface area (Å²) in [5, 5.41) is 21.4. The highest BCUT2D eigenvalue weighted by Gasteiger charge is 2.22. The molecule has 0 aliphatic carbocycles. The Morgan fingerprint density at radius 3 is 1.63 bits per heavy atom. The highest BCUT2D eigenvalue weighted by Crippen LogP contribution is 2.15. The van der Waals surface area contributed by atoms with Crippen molar-refractivity contribution in [2.45, 2.75) is 77.7 Å². The molecule has 2 atom stereocenters. The van der Waals surface area contributed by atoms with Crippen molar-refractivity contribution in [3.8, 4) is 11.5 Å². The fourth-order valence-corrected chi connectivity index (χ4v) is 4.18. The Labute approximate surface area is 296 Å². The molecule has 12 nitrogen and oxygen atoms in total. The molecule has 0 radical (unpaired) electrons. The lowest BCUT2D eigenvalue weighted by atomic mass is 10.1. The van der Waals surface area contributed by atoms with E-state index in [4.69, 9.17) is 25.8 Å². The maximum Gasteiger partial charge on any atom is 0.292 e. The van der Waals surface area contributed by atoms with Gasteiger partial charge < -0.3 is 39.4 Å². The molecule has 0 bridgehead atoms. The molecule has 0 aliphatic heterocycles. The first-order chi connectivity index (χ1) is 23.4. The van der Waals surface area contributed by atoms with E-state index >= 15 is 0 Å². The Morgan fingerprint density at radius 1 is 0.735 bits per heavy atom. The van der Waals surface area contributed by atoms with Gasteiger partial charge in [-0.05, 0) is 92.1 Å². The summed E-state index contributed by atoms with van der Waals surface area (Å²) in [4.78, 5) is 45.7. The first kappa shape index (κ1) is 45.6. The fraction of sp³-hybridized carbons (Fsp3) is 0.556. The molecule has 2 aromatic carbocycles. The molecular weight excluding hydrogens is 656 g/mol. The quantitative estimate of drug-likeness (QED) is 0.0917. The summed E-state index contributed by atoms with van der Waals surface area (Å²) >= 11 is 4.74. The minimum atomic E-state index is -0.980. The minimum Gasteiger partial charge on any atom is -0.497 e. The molecule has 0 saturated heterocycles. The lowest BCUT2D eigenvalue weighted by molar-refractivity contribution is -0.147. The molecule has 0 spiro atoms. The van der Waals surface area contributed by atoms with Gasteiger partial charge in [-0.1, -0.05) is 38.1 Å². The zero-order valence-corrected chi connectivity index (χ0v) is 30.5. The van der Waals surface area contributed by atoms with Gasteiger partial charge in [-0.15, -0.1) is 0 Å². The predicted octanol–water partition coefficient (Wildman–Crippen LogP) is 4.09. The van der Waals surface area contributed by atoms with E-state index in [0.29, 0.717) is 32.4 Å². The van der Waals surface area contributed by atoms with Gasteiger partial charge in [0.15, 0.2) is 0 Å². The molecule has 13 heteroatoms. The number of benzene rings is 2. The highest BCUT2D eigenvalue weighted by atomic mass is 35.5. The Bertz CT molecular complexity index is 1200. The van der Waals surface area contributed by atoms with Gasteiger partial charge in [0, 0.05) is 33.9 Å². The molecule has 3 N–H and O–H groups in total. The van der Waals surface area contributed by atoms with Crippen molar-refractivity contribution in [1.82, 2.24) is 10.2 Å². The number of hydrogen-bond donors (Lipinski definition) is 3. The zero-order valence-electron chi connectivity index (χ0n) is 29.7. The van der Waals surface area contributed by atoms with Crippen molar-refractivity contribution in [1.29, 1.82) is 0 Å². The van der Waals surface area contributed by atoms with Gasteiger partial charge in [-0.2, -0.15) is 0 Å². The van der Waals surface area contributed by atoms with Crippen molar-refractivity contribution in [2.75, 3.05) is 54.7 Å². The molecule has 1 amide bonds. The number of aliphatic hydroxyl groups excluding tert-OH is 2. The second-order valence-corrected chi connectivity index (χ2v) is 11.3. The van der Waals surface area contributed by atoms with E-state index in [1.807, 2.05) is 50.2 Å². The molecule has 276 valence electrons. The number of ketones is 2. The maximum absolute atomic E-state index is 12.3. The van der Waals surface area contributed by atoms with Crippen LogP contribution in [0.2, 0.25) is 0 Å². The normalized spacial score (nSPS) is 11.5. The molecule has 49 heavy (non-hydrogen) atoms. The van der Waals surface area contributed by atoms with Crippen molar-refractivity contribution in [2.24, 2.45) is 0 Å². The topological polar surface area (TPSA) is 161 Å². The Hall–Kier alpha value is -3.39. The van der Waals surface area contributed by atoms with Crippen LogP contribution >= 0.6 is 11.6 Å². The summed E-state index contributed by atoms with van der Waals surface area (Å²) in [6, 6.07) is 15.4. The third-order valence-electron chi connectivity index (χ3n) is 7.12. The van der Waals surface area contributed by atoms with Crippen LogP contribution in [-0.2, 0) is 41.7 Å². The standard InChI is InChI=1S/C18H27NO5.C14H23NO2.C4H5ClO3/c1-4-15(20)6-5-11-19(18(22)17(21)13-23-2)12-14-7-9-16(24-3)10-8-14;1-3-13(16)5-4-10-15-11-12-6-8-14(17-2)9-7-12;1-8-2-3(6)4(5)7/h7-10,15,20H,4-6,11-13H2,1-3H3;6-9,13,15-16H,3-5,10-11H2,1-2H3;2H2,1H3. The summed E-state index contributed by atoms with van der Waals surface area (Å²) < 4.78 is 19.3. The van der Waals surface area contributed by atoms with E-state index in [0.717, 1.165) is 49.4 Å². The number of carbonyl (C=O) groups excluding carboxylic acids is 4. The molecule has 2 aromatic rings. The van der Waals surface area contributed by atoms with Crippen LogP contribution in [0.4, 0.5) is 0 Å². The summed E-state index contributed by atoms with van der Waals surface area (Å²) in [6.07, 6.45) is 4.14. The molecule has 0 heterocycles. The number of nitrogens with one attached hydrogen (secondary N) is 1. The SMILES string of the molecule is CCC(O)CCCN(Cc1ccc(OC)cc1)C(=O)C(=O)COC.CCC(O)CCCNCc1ccc(OC)cc1.COCC(=O)C(=O)Cl. The Balaban J connectivity index is 0.000000798. The summed E-state index contributed by atoms with van der Waals surface area (Å²) in [6.45, 7) is 6.02. The van der Waals surface area contributed by atoms with Crippen LogP contribution in [0.5, 0.6) is 11.5 Å². The maximum atomic E-state index is 12.3. The van der Waals surface area contributed by atoms with Gasteiger partial charge in [0.2, 0.25) is 11.6 Å². The number of Topliss-reactive ketones (excluding diaryl/α,β-unsaturated/α-hetero) is 2. The summed E-state index contributed by atoms with van der Waals surface area (Å²) in [5.41, 5.74) is 2.16. The predicted molar refractivity (Wildman–Crippen MR) is 189 cm³/mol. The van der Waals surface area contributed by atoms with E-state index in [9.17, 15) is 29.4 Å². The number of methoxy groups -OCH3 is 4. The van der Waals surface area contributed by atoms with E-state index < -0.39 is 22.7 Å². The molecule has 0 aromatic heterocycles. The van der Waals surface area contributed by atoms with Crippen LogP contribution in [0, 0.1) is 0 Å². The number of nitrogens with zero attached hydrogens (tertiary/aromatic N) is 1. The average molecular weight is 711 g/mol. The van der Waals surface area contributed by atoms with E-state index in [1.165, 1.54) is 24.7 Å². The van der Waals surface area contributed by atoms with E-state index in [2.05, 4.69) is 22.2 Å². The largest absolute Gasteiger partial charge is 0.497 e. The van der Waals surface area contributed by atoms with Gasteiger partial charge in [-0.3, -0.25) is 19.2 Å². The Morgan fingerprint density at radius 2 is 1.20 bits per heavy atom. The third kappa shape index (κ3) is 22.0. The van der Waals surface area contributed by atoms with Crippen molar-refractivity contribution >= 4 is 34.3 Å². The van der Waals surface area contributed by atoms with E-state index in [-0.39, 0.29) is 25.4 Å². The minimum absolute atomic E-state index is 0.141. The second kappa shape index (κ2) is 28.4. The first-order valence-corrected chi connectivity index (χ1v) is 16.7. The van der Waals surface area contributed by atoms with Gasteiger partial charge in [0.25, 0.3) is 11.1 Å². The van der Waals surface area contributed by atoms with Crippen molar-refractivity contribution < 1.29 is 48.3 Å². The molecule has 0 saturated carbocycles. The van der Waals surface area contributed by atoms with Gasteiger partial charge >= 0.3 is 0 Å². The van der Waals surface area contributed by atoms with Crippen LogP contribution in [0.1, 0.15) is 63.5 Å². The van der Waals surface area contributed by atoms with Gasteiger partial charge in [0.1, 0.15) is 24.7 Å². The van der Waals surface area contributed by atoms with Crippen molar-refractivity contribution in [3.05, 3.63) is 59.7 Å². The Kier molecular flexibility index (Phi) is 26.5. The lowest BCUT2D eigenvalue weighted by Crippen LogP contribution is -2.38.